The van der Waals surface area contributed by atoms with Crippen LogP contribution in [0, 0.1) is 0 Å². The number of carbonyl (C=O) groups excluding carboxylic acids is 2. The Labute approximate surface area is 190 Å². The number of piperidine rings is 1. The molecule has 0 radical (unpaired) electrons. The van der Waals surface area contributed by atoms with Crippen molar-refractivity contribution in [3.05, 3.63) is 54.4 Å². The van der Waals surface area contributed by atoms with Crippen LogP contribution in [0.25, 0.3) is 16.7 Å². The van der Waals surface area contributed by atoms with Crippen LogP contribution in [-0.4, -0.2) is 63.4 Å². The van der Waals surface area contributed by atoms with E-state index in [1.807, 2.05) is 41.1 Å². The van der Waals surface area contributed by atoms with Crippen LogP contribution in [0.5, 0.6) is 0 Å². The number of carbonyl (C=O) groups is 2. The van der Waals surface area contributed by atoms with Gasteiger partial charge in [-0.2, -0.15) is 0 Å². The fraction of sp³-hybridized carbons (Fsp3) is 0.375. The summed E-state index contributed by atoms with van der Waals surface area (Å²) in [5.41, 5.74) is 2.57. The summed E-state index contributed by atoms with van der Waals surface area (Å²) < 4.78 is 28.7. The number of hydrogen-bond acceptors (Lipinski definition) is 3. The third kappa shape index (κ3) is 4.40. The Balaban J connectivity index is 1.35. The number of anilines is 1. The van der Waals surface area contributed by atoms with Gasteiger partial charge >= 0.3 is 6.03 Å². The van der Waals surface area contributed by atoms with Crippen molar-refractivity contribution < 1.29 is 18.4 Å². The summed E-state index contributed by atoms with van der Waals surface area (Å²) in [6.45, 7) is 1.64. The lowest BCUT2D eigenvalue weighted by Crippen LogP contribution is -2.42. The molecule has 2 aromatic heterocycles. The molecule has 0 unspecified atom stereocenters. The maximum Gasteiger partial charge on any atom is 0.321 e. The van der Waals surface area contributed by atoms with Gasteiger partial charge in [0.25, 0.3) is 11.8 Å². The van der Waals surface area contributed by atoms with Gasteiger partial charge in [-0.3, -0.25) is 4.79 Å². The topological polar surface area (TPSA) is 70.5 Å². The lowest BCUT2D eigenvalue weighted by Gasteiger charge is -2.31. The minimum atomic E-state index is -2.70. The van der Waals surface area contributed by atoms with Crippen LogP contribution in [0.2, 0.25) is 0 Å². The first-order valence-electron chi connectivity index (χ1n) is 11.2. The lowest BCUT2D eigenvalue weighted by atomic mass is 10.1. The molecule has 172 valence electrons. The normalized spacial score (nSPS) is 18.0. The first-order valence-corrected chi connectivity index (χ1v) is 11.2. The number of amides is 3. The molecule has 0 aliphatic carbocycles. The number of nitrogens with zero attached hydrogens (tertiary/aromatic N) is 4. The van der Waals surface area contributed by atoms with E-state index in [0.29, 0.717) is 16.9 Å². The quantitative estimate of drug-likeness (QED) is 0.634. The molecule has 1 N–H and O–H groups in total. The molecule has 0 spiro atoms. The molecule has 2 fully saturated rings. The second kappa shape index (κ2) is 8.46. The number of likely N-dealkylation sites (tertiary alicyclic amines) is 2. The van der Waals surface area contributed by atoms with Gasteiger partial charge in [-0.25, -0.2) is 18.6 Å². The van der Waals surface area contributed by atoms with Gasteiger partial charge in [0.15, 0.2) is 0 Å². The number of benzene rings is 1. The van der Waals surface area contributed by atoms with E-state index in [-0.39, 0.29) is 37.9 Å². The molecule has 2 aliphatic rings. The van der Waals surface area contributed by atoms with Gasteiger partial charge in [0.1, 0.15) is 5.65 Å². The second-order valence-electron chi connectivity index (χ2n) is 8.65. The van der Waals surface area contributed by atoms with Crippen molar-refractivity contribution in [1.82, 2.24) is 19.4 Å². The Morgan fingerprint density at radius 3 is 2.48 bits per heavy atom. The Kier molecular flexibility index (Phi) is 5.47. The van der Waals surface area contributed by atoms with Gasteiger partial charge < -0.3 is 19.7 Å². The summed E-state index contributed by atoms with van der Waals surface area (Å²) in [4.78, 5) is 32.9. The van der Waals surface area contributed by atoms with Gasteiger partial charge in [-0.05, 0) is 43.2 Å². The number of aromatic nitrogens is 2. The molecule has 7 nitrogen and oxygen atoms in total. The summed E-state index contributed by atoms with van der Waals surface area (Å²) >= 11 is 0. The molecular weight excluding hydrogens is 428 g/mol. The van der Waals surface area contributed by atoms with Crippen LogP contribution >= 0.6 is 0 Å². The van der Waals surface area contributed by atoms with Crippen LogP contribution in [0.1, 0.15) is 36.0 Å². The highest BCUT2D eigenvalue weighted by molar-refractivity contribution is 5.97. The molecule has 0 saturated carbocycles. The molecule has 33 heavy (non-hydrogen) atoms. The number of urea groups is 1. The van der Waals surface area contributed by atoms with E-state index in [1.54, 1.807) is 11.0 Å². The van der Waals surface area contributed by atoms with E-state index < -0.39 is 5.92 Å². The first kappa shape index (κ1) is 21.4. The first-order chi connectivity index (χ1) is 15.9. The molecule has 3 amide bonds. The number of alkyl halides is 2. The summed E-state index contributed by atoms with van der Waals surface area (Å²) in [6.07, 6.45) is 4.79. The fourth-order valence-electron chi connectivity index (χ4n) is 4.43. The molecule has 5 rings (SSSR count). The standard InChI is InChI=1S/C24H25F2N5O2/c25-24(26)7-12-29(13-8-24)22(32)18-14-17-6-11-31(21(17)27-16-18)20-5-3-4-19(15-20)28-23(33)30-9-1-2-10-30/h3-6,11,14-16H,1-2,7-10,12-13H2,(H,28,33). The number of hydrogen-bond donors (Lipinski definition) is 1. The molecule has 2 aliphatic heterocycles. The zero-order valence-corrected chi connectivity index (χ0v) is 18.1. The van der Waals surface area contributed by atoms with Crippen LogP contribution in [0.15, 0.2) is 48.8 Å². The minimum Gasteiger partial charge on any atom is -0.338 e. The number of nitrogens with one attached hydrogen (secondary N) is 1. The molecule has 0 atom stereocenters. The van der Waals surface area contributed by atoms with Gasteiger partial charge in [0.2, 0.25) is 0 Å². The van der Waals surface area contributed by atoms with E-state index in [9.17, 15) is 18.4 Å². The summed E-state index contributed by atoms with van der Waals surface area (Å²) in [6, 6.07) is 11.0. The Morgan fingerprint density at radius 1 is 0.970 bits per heavy atom. The van der Waals surface area contributed by atoms with E-state index in [2.05, 4.69) is 10.3 Å². The third-order valence-corrected chi connectivity index (χ3v) is 6.32. The average Bonchev–Trinajstić information content (AvgIpc) is 3.49. The second-order valence-corrected chi connectivity index (χ2v) is 8.65. The zero-order valence-electron chi connectivity index (χ0n) is 18.1. The monoisotopic (exact) mass is 453 g/mol. The van der Waals surface area contributed by atoms with Crippen LogP contribution in [-0.2, 0) is 0 Å². The lowest BCUT2D eigenvalue weighted by molar-refractivity contribution is -0.0494. The van der Waals surface area contributed by atoms with Gasteiger partial charge in [-0.15, -0.1) is 0 Å². The highest BCUT2D eigenvalue weighted by atomic mass is 19.3. The molecule has 9 heteroatoms. The van der Waals surface area contributed by atoms with Crippen molar-refractivity contribution in [2.45, 2.75) is 31.6 Å². The molecule has 1 aromatic carbocycles. The summed E-state index contributed by atoms with van der Waals surface area (Å²) in [5, 5.41) is 3.72. The predicted molar refractivity (Wildman–Crippen MR) is 121 cm³/mol. The van der Waals surface area contributed by atoms with Gasteiger partial charge in [0.05, 0.1) is 5.56 Å². The highest BCUT2D eigenvalue weighted by Crippen LogP contribution is 2.29. The maximum atomic E-state index is 13.4. The Hall–Kier alpha value is -3.49. The van der Waals surface area contributed by atoms with E-state index in [0.717, 1.165) is 37.0 Å². The van der Waals surface area contributed by atoms with Gasteiger partial charge in [-0.1, -0.05) is 6.07 Å². The molecule has 0 bridgehead atoms. The van der Waals surface area contributed by atoms with E-state index in [1.165, 1.54) is 11.1 Å². The smallest absolute Gasteiger partial charge is 0.321 e. The minimum absolute atomic E-state index is 0.0425. The van der Waals surface area contributed by atoms with Crippen molar-refractivity contribution in [2.75, 3.05) is 31.5 Å². The highest BCUT2D eigenvalue weighted by Gasteiger charge is 2.35. The van der Waals surface area contributed by atoms with Gasteiger partial charge in [0, 0.05) is 68.2 Å². The number of fused-ring (bicyclic) bond motifs is 1. The Bertz CT molecular complexity index is 1190. The molecular formula is C24H25F2N5O2. The third-order valence-electron chi connectivity index (χ3n) is 6.32. The van der Waals surface area contributed by atoms with Crippen molar-refractivity contribution in [3.8, 4) is 5.69 Å². The largest absolute Gasteiger partial charge is 0.338 e. The number of rotatable bonds is 3. The number of pyridine rings is 1. The van der Waals surface area contributed by atoms with Crippen LogP contribution in [0.3, 0.4) is 0 Å². The molecule has 3 aromatic rings. The van der Waals surface area contributed by atoms with Crippen molar-refractivity contribution in [2.24, 2.45) is 0 Å². The van der Waals surface area contributed by atoms with E-state index in [4.69, 9.17) is 0 Å². The summed E-state index contributed by atoms with van der Waals surface area (Å²) in [7, 11) is 0. The fourth-order valence-corrected chi connectivity index (χ4v) is 4.43. The summed E-state index contributed by atoms with van der Waals surface area (Å²) in [5.74, 6) is -2.97. The Morgan fingerprint density at radius 2 is 1.73 bits per heavy atom. The van der Waals surface area contributed by atoms with Crippen LogP contribution < -0.4 is 5.32 Å². The van der Waals surface area contributed by atoms with Crippen molar-refractivity contribution in [3.63, 3.8) is 0 Å². The number of halogens is 2. The maximum absolute atomic E-state index is 13.4. The van der Waals surface area contributed by atoms with E-state index >= 15 is 0 Å². The van der Waals surface area contributed by atoms with Crippen molar-refractivity contribution in [1.29, 1.82) is 0 Å². The molecule has 4 heterocycles. The van der Waals surface area contributed by atoms with Crippen LogP contribution in [0.4, 0.5) is 19.3 Å². The van der Waals surface area contributed by atoms with Crippen molar-refractivity contribution >= 4 is 28.7 Å². The zero-order chi connectivity index (χ0) is 23.0. The SMILES string of the molecule is O=C(Nc1cccc(-n2ccc3cc(C(=O)N4CCC(F)(F)CC4)cnc32)c1)N1CCCC1. The average molecular weight is 453 g/mol. The molecule has 2 saturated heterocycles. The predicted octanol–water partition coefficient (Wildman–Crippen LogP) is 4.52.